The molecule has 1 aromatic carbocycles. The molecule has 2 amide bonds. The Morgan fingerprint density at radius 1 is 1.28 bits per heavy atom. The average Bonchev–Trinajstić information content (AvgIpc) is 3.26. The van der Waals surface area contributed by atoms with Crippen LogP contribution in [0.2, 0.25) is 0 Å². The molecule has 1 aliphatic carbocycles. The normalized spacial score (nSPS) is 15.8. The third-order valence-corrected chi connectivity index (χ3v) is 4.58. The van der Waals surface area contributed by atoms with Crippen molar-refractivity contribution in [2.45, 2.75) is 38.6 Å². The number of hydrogen-bond acceptors (Lipinski definition) is 4. The predicted molar refractivity (Wildman–Crippen MR) is 94.6 cm³/mol. The highest BCUT2D eigenvalue weighted by molar-refractivity contribution is 5.97. The van der Waals surface area contributed by atoms with Gasteiger partial charge in [0.25, 0.3) is 0 Å². The Morgan fingerprint density at radius 2 is 2.04 bits per heavy atom. The lowest BCUT2D eigenvalue weighted by Crippen LogP contribution is -2.43. The van der Waals surface area contributed by atoms with E-state index >= 15 is 0 Å². The van der Waals surface area contributed by atoms with Crippen molar-refractivity contribution in [3.63, 3.8) is 0 Å². The largest absolute Gasteiger partial charge is 0.344 e. The molecule has 25 heavy (non-hydrogen) atoms. The Morgan fingerprint density at radius 3 is 2.72 bits per heavy atom. The van der Waals surface area contributed by atoms with Crippen molar-refractivity contribution in [2.24, 2.45) is 13.0 Å². The molecule has 0 bridgehead atoms. The van der Waals surface area contributed by atoms with E-state index in [0.717, 1.165) is 37.1 Å². The average molecular weight is 341 g/mol. The van der Waals surface area contributed by atoms with Gasteiger partial charge in [-0.2, -0.15) is 0 Å². The molecule has 1 atom stereocenters. The van der Waals surface area contributed by atoms with Crippen LogP contribution in [0.5, 0.6) is 0 Å². The number of aryl methyl sites for hydroxylation is 1. The molecule has 0 spiro atoms. The first-order chi connectivity index (χ1) is 12.0. The molecule has 7 nitrogen and oxygen atoms in total. The molecule has 1 aliphatic rings. The van der Waals surface area contributed by atoms with E-state index in [4.69, 9.17) is 0 Å². The fourth-order valence-electron chi connectivity index (χ4n) is 3.12. The Bertz CT molecular complexity index is 764. The zero-order valence-electron chi connectivity index (χ0n) is 14.5. The van der Waals surface area contributed by atoms with E-state index in [1.807, 2.05) is 35.9 Å². The van der Waals surface area contributed by atoms with Crippen LogP contribution in [0.1, 0.15) is 32.6 Å². The van der Waals surface area contributed by atoms with Crippen LogP contribution in [-0.2, 0) is 16.6 Å². The first kappa shape index (κ1) is 17.1. The second-order valence-corrected chi connectivity index (χ2v) is 6.55. The molecule has 1 aromatic heterocycles. The first-order valence-electron chi connectivity index (χ1n) is 8.60. The lowest BCUT2D eigenvalue weighted by Gasteiger charge is -2.17. The SMILES string of the molecule is CC(NC(=O)C1CCCC1)C(=O)Nc1cccc(-c2nncn2C)c1. The van der Waals surface area contributed by atoms with Gasteiger partial charge in [-0.05, 0) is 31.9 Å². The van der Waals surface area contributed by atoms with Gasteiger partial charge in [0.2, 0.25) is 11.8 Å². The maximum atomic E-state index is 12.4. The van der Waals surface area contributed by atoms with Crippen molar-refractivity contribution in [3.05, 3.63) is 30.6 Å². The number of rotatable bonds is 5. The Hall–Kier alpha value is -2.70. The number of hydrogen-bond donors (Lipinski definition) is 2. The number of nitrogens with zero attached hydrogens (tertiary/aromatic N) is 3. The van der Waals surface area contributed by atoms with Crippen LogP contribution < -0.4 is 10.6 Å². The summed E-state index contributed by atoms with van der Waals surface area (Å²) in [6.45, 7) is 1.70. The van der Waals surface area contributed by atoms with Crippen LogP contribution in [-0.4, -0.2) is 32.6 Å². The van der Waals surface area contributed by atoms with Gasteiger partial charge in [-0.3, -0.25) is 9.59 Å². The number of benzene rings is 1. The first-order valence-corrected chi connectivity index (χ1v) is 8.60. The third-order valence-electron chi connectivity index (χ3n) is 4.58. The molecule has 0 saturated heterocycles. The van der Waals surface area contributed by atoms with Crippen LogP contribution in [0.25, 0.3) is 11.4 Å². The van der Waals surface area contributed by atoms with Gasteiger partial charge in [0, 0.05) is 24.2 Å². The monoisotopic (exact) mass is 341 g/mol. The van der Waals surface area contributed by atoms with Crippen molar-refractivity contribution in [1.29, 1.82) is 0 Å². The van der Waals surface area contributed by atoms with E-state index in [1.165, 1.54) is 0 Å². The fraction of sp³-hybridized carbons (Fsp3) is 0.444. The van der Waals surface area contributed by atoms with Gasteiger partial charge < -0.3 is 15.2 Å². The Kier molecular flexibility index (Phi) is 5.11. The minimum Gasteiger partial charge on any atom is -0.344 e. The summed E-state index contributed by atoms with van der Waals surface area (Å²) in [5.41, 5.74) is 1.52. The number of aromatic nitrogens is 3. The maximum absolute atomic E-state index is 12.4. The minimum absolute atomic E-state index is 0.0204. The Balaban J connectivity index is 1.62. The van der Waals surface area contributed by atoms with Gasteiger partial charge in [0.1, 0.15) is 12.4 Å². The molecule has 3 rings (SSSR count). The maximum Gasteiger partial charge on any atom is 0.246 e. The van der Waals surface area contributed by atoms with Crippen LogP contribution in [0.15, 0.2) is 30.6 Å². The van der Waals surface area contributed by atoms with Crippen molar-refractivity contribution in [2.75, 3.05) is 5.32 Å². The second-order valence-electron chi connectivity index (χ2n) is 6.55. The minimum atomic E-state index is -0.577. The molecule has 1 fully saturated rings. The van der Waals surface area contributed by atoms with Gasteiger partial charge in [0.05, 0.1) is 0 Å². The highest BCUT2D eigenvalue weighted by atomic mass is 16.2. The van der Waals surface area contributed by atoms with E-state index < -0.39 is 6.04 Å². The summed E-state index contributed by atoms with van der Waals surface area (Å²) in [7, 11) is 1.86. The zero-order valence-corrected chi connectivity index (χ0v) is 14.5. The van der Waals surface area contributed by atoms with E-state index in [1.54, 1.807) is 13.3 Å². The molecule has 7 heteroatoms. The number of anilines is 1. The summed E-state index contributed by atoms with van der Waals surface area (Å²) >= 11 is 0. The molecule has 1 heterocycles. The molecule has 1 saturated carbocycles. The van der Waals surface area contributed by atoms with E-state index in [0.29, 0.717) is 5.69 Å². The lowest BCUT2D eigenvalue weighted by atomic mass is 10.1. The molecule has 1 unspecified atom stereocenters. The number of carbonyl (C=O) groups excluding carboxylic acids is 2. The van der Waals surface area contributed by atoms with Crippen molar-refractivity contribution >= 4 is 17.5 Å². The van der Waals surface area contributed by atoms with Crippen LogP contribution in [0.4, 0.5) is 5.69 Å². The molecular weight excluding hydrogens is 318 g/mol. The summed E-state index contributed by atoms with van der Waals surface area (Å²) in [5.74, 6) is 0.516. The summed E-state index contributed by atoms with van der Waals surface area (Å²) in [4.78, 5) is 24.5. The number of carbonyl (C=O) groups is 2. The zero-order chi connectivity index (χ0) is 17.8. The summed E-state index contributed by atoms with van der Waals surface area (Å²) in [5, 5.41) is 13.6. The van der Waals surface area contributed by atoms with Crippen LogP contribution >= 0.6 is 0 Å². The molecule has 0 aliphatic heterocycles. The van der Waals surface area contributed by atoms with Crippen LogP contribution in [0, 0.1) is 5.92 Å². The fourth-order valence-corrected chi connectivity index (χ4v) is 3.12. The number of nitrogens with one attached hydrogen (secondary N) is 2. The lowest BCUT2D eigenvalue weighted by molar-refractivity contribution is -0.128. The topological polar surface area (TPSA) is 88.9 Å². The van der Waals surface area contributed by atoms with E-state index in [-0.39, 0.29) is 17.7 Å². The molecule has 2 aromatic rings. The van der Waals surface area contributed by atoms with Crippen molar-refractivity contribution in [3.8, 4) is 11.4 Å². The molecule has 0 radical (unpaired) electrons. The van der Waals surface area contributed by atoms with Crippen molar-refractivity contribution in [1.82, 2.24) is 20.1 Å². The third kappa shape index (κ3) is 4.04. The Labute approximate surface area is 146 Å². The summed E-state index contributed by atoms with van der Waals surface area (Å²) in [6.07, 6.45) is 5.64. The van der Waals surface area contributed by atoms with Crippen LogP contribution in [0.3, 0.4) is 0 Å². The highest BCUT2D eigenvalue weighted by Gasteiger charge is 2.25. The van der Waals surface area contributed by atoms with Gasteiger partial charge in [0.15, 0.2) is 5.82 Å². The smallest absolute Gasteiger partial charge is 0.246 e. The number of amides is 2. The summed E-state index contributed by atoms with van der Waals surface area (Å²) in [6, 6.07) is 6.83. The van der Waals surface area contributed by atoms with Gasteiger partial charge in [-0.25, -0.2) is 0 Å². The van der Waals surface area contributed by atoms with E-state index in [9.17, 15) is 9.59 Å². The van der Waals surface area contributed by atoms with E-state index in [2.05, 4.69) is 20.8 Å². The summed E-state index contributed by atoms with van der Waals surface area (Å²) < 4.78 is 1.81. The van der Waals surface area contributed by atoms with Crippen molar-refractivity contribution < 1.29 is 9.59 Å². The molecule has 132 valence electrons. The quantitative estimate of drug-likeness (QED) is 0.872. The van der Waals surface area contributed by atoms with Gasteiger partial charge in [-0.1, -0.05) is 25.0 Å². The standard InChI is InChI=1S/C18H23N5O2/c1-12(20-18(25)13-6-3-4-7-13)17(24)21-15-9-5-8-14(10-15)16-22-19-11-23(16)2/h5,8-13H,3-4,6-7H2,1-2H3,(H,20,25)(H,21,24). The second kappa shape index (κ2) is 7.46. The highest BCUT2D eigenvalue weighted by Crippen LogP contribution is 2.25. The van der Waals surface area contributed by atoms with Gasteiger partial charge >= 0.3 is 0 Å². The predicted octanol–water partition coefficient (Wildman–Crippen LogP) is 2.12. The molecular formula is C18H23N5O2. The van der Waals surface area contributed by atoms with Gasteiger partial charge in [-0.15, -0.1) is 10.2 Å². The molecule has 2 N–H and O–H groups in total.